The van der Waals surface area contributed by atoms with Gasteiger partial charge in [0.15, 0.2) is 5.76 Å². The average molecular weight is 449 g/mol. The number of benzene rings is 2. The van der Waals surface area contributed by atoms with Crippen molar-refractivity contribution in [3.05, 3.63) is 93.4 Å². The van der Waals surface area contributed by atoms with Gasteiger partial charge in [-0.15, -0.1) is 11.3 Å². The number of anilines is 1. The summed E-state index contributed by atoms with van der Waals surface area (Å²) >= 11 is 1.23. The number of carbonyl (C=O) groups excluding carboxylic acids is 3. The Morgan fingerprint density at radius 2 is 1.78 bits per heavy atom. The minimum Gasteiger partial charge on any atom is -0.503 e. The van der Waals surface area contributed by atoms with Gasteiger partial charge in [-0.1, -0.05) is 18.2 Å². The summed E-state index contributed by atoms with van der Waals surface area (Å²) in [4.78, 5) is 40.0. The zero-order valence-corrected chi connectivity index (χ0v) is 18.1. The number of aliphatic hydroxyl groups is 1. The van der Waals surface area contributed by atoms with E-state index in [1.807, 2.05) is 0 Å². The first-order chi connectivity index (χ1) is 15.5. The third-order valence-corrected chi connectivity index (χ3v) is 6.04. The molecule has 0 bridgehead atoms. The van der Waals surface area contributed by atoms with Gasteiger partial charge in [0, 0.05) is 5.69 Å². The average Bonchev–Trinajstić information content (AvgIpc) is 3.46. The van der Waals surface area contributed by atoms with Gasteiger partial charge in [0.05, 0.1) is 36.3 Å². The van der Waals surface area contributed by atoms with Gasteiger partial charge in [-0.25, -0.2) is 4.79 Å². The van der Waals surface area contributed by atoms with Crippen molar-refractivity contribution >= 4 is 34.7 Å². The Bertz CT molecular complexity index is 1210. The molecule has 1 amide bonds. The summed E-state index contributed by atoms with van der Waals surface area (Å²) < 4.78 is 10.0. The number of hydrogen-bond donors (Lipinski definition) is 1. The van der Waals surface area contributed by atoms with E-state index in [1.165, 1.54) is 42.6 Å². The van der Waals surface area contributed by atoms with Crippen molar-refractivity contribution in [3.63, 3.8) is 0 Å². The number of nitrogens with zero attached hydrogens (tertiary/aromatic N) is 1. The number of thiophene rings is 1. The number of ether oxygens (including phenoxy) is 2. The van der Waals surface area contributed by atoms with E-state index in [4.69, 9.17) is 9.47 Å². The Balaban J connectivity index is 1.84. The monoisotopic (exact) mass is 449 g/mol. The normalized spacial score (nSPS) is 15.8. The van der Waals surface area contributed by atoms with Crippen molar-refractivity contribution in [2.75, 3.05) is 19.1 Å². The molecule has 0 spiro atoms. The van der Waals surface area contributed by atoms with E-state index in [-0.39, 0.29) is 5.57 Å². The van der Waals surface area contributed by atoms with Crippen LogP contribution in [0.15, 0.2) is 77.4 Å². The van der Waals surface area contributed by atoms with Crippen LogP contribution in [0.4, 0.5) is 5.69 Å². The molecule has 0 fully saturated rings. The van der Waals surface area contributed by atoms with E-state index < -0.39 is 29.5 Å². The van der Waals surface area contributed by atoms with Crippen molar-refractivity contribution in [2.24, 2.45) is 0 Å². The van der Waals surface area contributed by atoms with E-state index in [9.17, 15) is 19.5 Å². The SMILES string of the molecule is COC(=O)c1ccc(N2C(=O)C(O)=C(C(=O)c3cccs3)C2c2cccc(OC)c2)cc1. The Morgan fingerprint density at radius 3 is 2.41 bits per heavy atom. The van der Waals surface area contributed by atoms with Crippen molar-refractivity contribution < 1.29 is 29.0 Å². The molecule has 7 nitrogen and oxygen atoms in total. The molecule has 0 radical (unpaired) electrons. The van der Waals surface area contributed by atoms with Gasteiger partial charge in [0.1, 0.15) is 5.75 Å². The first-order valence-electron chi connectivity index (χ1n) is 9.63. The second kappa shape index (κ2) is 8.68. The molecule has 4 rings (SSSR count). The number of rotatable bonds is 6. The fraction of sp³-hybridized carbons (Fsp3) is 0.125. The highest BCUT2D eigenvalue weighted by Gasteiger charge is 2.45. The van der Waals surface area contributed by atoms with Gasteiger partial charge in [-0.2, -0.15) is 0 Å². The lowest BCUT2D eigenvalue weighted by atomic mass is 9.95. The van der Waals surface area contributed by atoms with E-state index in [1.54, 1.807) is 53.9 Å². The number of amides is 1. The Labute approximate surface area is 188 Å². The molecule has 1 aliphatic heterocycles. The quantitative estimate of drug-likeness (QED) is 0.445. The lowest BCUT2D eigenvalue weighted by Crippen LogP contribution is -2.31. The van der Waals surface area contributed by atoms with Crippen molar-refractivity contribution in [3.8, 4) is 5.75 Å². The first-order valence-corrected chi connectivity index (χ1v) is 10.5. The number of ketones is 1. The molecule has 2 heterocycles. The number of aliphatic hydroxyl groups excluding tert-OH is 1. The molecule has 2 aromatic carbocycles. The van der Waals surface area contributed by atoms with Crippen LogP contribution in [0.25, 0.3) is 0 Å². The maximum Gasteiger partial charge on any atom is 0.337 e. The van der Waals surface area contributed by atoms with Crippen molar-refractivity contribution in [1.29, 1.82) is 0 Å². The molecule has 1 aromatic heterocycles. The summed E-state index contributed by atoms with van der Waals surface area (Å²) in [6.07, 6.45) is 0. The lowest BCUT2D eigenvalue weighted by Gasteiger charge is -2.27. The summed E-state index contributed by atoms with van der Waals surface area (Å²) in [5.74, 6) is -1.70. The summed E-state index contributed by atoms with van der Waals surface area (Å²) in [5.41, 5.74) is 1.31. The van der Waals surface area contributed by atoms with E-state index in [0.717, 1.165) is 0 Å². The van der Waals surface area contributed by atoms with Crippen molar-refractivity contribution in [1.82, 2.24) is 0 Å². The zero-order chi connectivity index (χ0) is 22.8. The molecule has 32 heavy (non-hydrogen) atoms. The van der Waals surface area contributed by atoms with Gasteiger partial charge in [-0.05, 0) is 53.4 Å². The topological polar surface area (TPSA) is 93.1 Å². The first kappa shape index (κ1) is 21.3. The highest BCUT2D eigenvalue weighted by atomic mass is 32.1. The number of esters is 1. The second-order valence-corrected chi connectivity index (χ2v) is 7.91. The molecule has 1 atom stereocenters. The fourth-order valence-electron chi connectivity index (χ4n) is 3.65. The predicted molar refractivity (Wildman–Crippen MR) is 119 cm³/mol. The molecule has 0 aliphatic carbocycles. The number of carbonyl (C=O) groups is 3. The fourth-order valence-corrected chi connectivity index (χ4v) is 4.32. The minimum atomic E-state index is -0.879. The number of Topliss-reactive ketones (excluding diaryl/α,β-unsaturated/α-hetero) is 1. The molecular formula is C24H19NO6S. The Kier molecular flexibility index (Phi) is 5.79. The predicted octanol–water partition coefficient (Wildman–Crippen LogP) is 4.33. The molecule has 162 valence electrons. The summed E-state index contributed by atoms with van der Waals surface area (Å²) in [6.45, 7) is 0. The van der Waals surface area contributed by atoms with E-state index in [0.29, 0.717) is 27.4 Å². The summed E-state index contributed by atoms with van der Waals surface area (Å²) in [7, 11) is 2.80. The lowest BCUT2D eigenvalue weighted by molar-refractivity contribution is -0.117. The van der Waals surface area contributed by atoms with Gasteiger partial charge in [0.25, 0.3) is 5.91 Å². The largest absolute Gasteiger partial charge is 0.503 e. The van der Waals surface area contributed by atoms with Crippen LogP contribution in [0.1, 0.15) is 31.6 Å². The maximum atomic E-state index is 13.3. The molecule has 1 N–H and O–H groups in total. The Hall–Kier alpha value is -3.91. The summed E-state index contributed by atoms with van der Waals surface area (Å²) in [5, 5.41) is 12.5. The number of hydrogen-bond acceptors (Lipinski definition) is 7. The Morgan fingerprint density at radius 1 is 1.03 bits per heavy atom. The van der Waals surface area contributed by atoms with Crippen LogP contribution >= 0.6 is 11.3 Å². The van der Waals surface area contributed by atoms with Crippen molar-refractivity contribution in [2.45, 2.75) is 6.04 Å². The van der Waals surface area contributed by atoms with Gasteiger partial charge in [0.2, 0.25) is 5.78 Å². The third-order valence-electron chi connectivity index (χ3n) is 5.17. The van der Waals surface area contributed by atoms with Crippen LogP contribution in [0.2, 0.25) is 0 Å². The second-order valence-electron chi connectivity index (χ2n) is 6.96. The standard InChI is InChI=1S/C24H19NO6S/c1-30-17-6-3-5-15(13-17)20-19(21(26)18-7-4-12-32-18)22(27)23(28)25(20)16-10-8-14(9-11-16)24(29)31-2/h3-13,20,27H,1-2H3. The zero-order valence-electron chi connectivity index (χ0n) is 17.3. The maximum absolute atomic E-state index is 13.3. The van der Waals surface area contributed by atoms with E-state index in [2.05, 4.69) is 0 Å². The molecule has 8 heteroatoms. The van der Waals surface area contributed by atoms with Crippen LogP contribution in [0.3, 0.4) is 0 Å². The van der Waals surface area contributed by atoms with Crippen LogP contribution < -0.4 is 9.64 Å². The van der Waals surface area contributed by atoms with Crippen LogP contribution in [0, 0.1) is 0 Å². The smallest absolute Gasteiger partial charge is 0.337 e. The third kappa shape index (κ3) is 3.65. The minimum absolute atomic E-state index is 0.0113. The summed E-state index contributed by atoms with van der Waals surface area (Å²) in [6, 6.07) is 15.7. The molecular weight excluding hydrogens is 430 g/mol. The van der Waals surface area contributed by atoms with E-state index >= 15 is 0 Å². The number of methoxy groups -OCH3 is 2. The van der Waals surface area contributed by atoms with Gasteiger partial charge in [-0.3, -0.25) is 14.5 Å². The highest BCUT2D eigenvalue weighted by Crippen LogP contribution is 2.43. The van der Waals surface area contributed by atoms with Crippen LogP contribution in [0.5, 0.6) is 5.75 Å². The van der Waals surface area contributed by atoms with Gasteiger partial charge < -0.3 is 14.6 Å². The molecule has 1 unspecified atom stereocenters. The van der Waals surface area contributed by atoms with Gasteiger partial charge >= 0.3 is 5.97 Å². The molecule has 0 saturated carbocycles. The molecule has 0 saturated heterocycles. The van der Waals surface area contributed by atoms with Crippen LogP contribution in [-0.4, -0.2) is 37.0 Å². The molecule has 3 aromatic rings. The highest BCUT2D eigenvalue weighted by molar-refractivity contribution is 7.12. The molecule has 1 aliphatic rings. The van der Waals surface area contributed by atoms with Crippen LogP contribution in [-0.2, 0) is 9.53 Å².